The lowest BCUT2D eigenvalue weighted by molar-refractivity contribution is -0.359. The lowest BCUT2D eigenvalue weighted by Crippen LogP contribution is -2.65. The number of ether oxygens (including phenoxy) is 4. The SMILES string of the molecule is CCCCCCC/C=C\C/C=C\CCCCCCCCCCCCCCCCCCCCCCCCCCCC(=O)NC(COC1OC(CO)C(OC2OC(CO)C(O)C(O)C2O)C(O)C1O)C(O)/C=C/CCCCCCCCCCC. The minimum absolute atomic E-state index is 0.236. The first-order valence-corrected chi connectivity index (χ1v) is 34.2. The topological polar surface area (TPSA) is 228 Å². The molecule has 2 heterocycles. The molecule has 0 bridgehead atoms. The van der Waals surface area contributed by atoms with Crippen molar-refractivity contribution in [2.45, 2.75) is 370 Å². The molecule has 12 atom stereocenters. The average molecular weight is 1170 g/mol. The Kier molecular flexibility index (Phi) is 49.7. The van der Waals surface area contributed by atoms with Crippen LogP contribution in [0.4, 0.5) is 0 Å². The van der Waals surface area contributed by atoms with E-state index in [0.717, 1.165) is 44.9 Å². The lowest BCUT2D eigenvalue weighted by atomic mass is 9.97. The van der Waals surface area contributed by atoms with Crippen LogP contribution in [0.25, 0.3) is 0 Å². The first-order chi connectivity index (χ1) is 40.1. The van der Waals surface area contributed by atoms with Gasteiger partial charge in [0, 0.05) is 6.42 Å². The Morgan fingerprint density at radius 1 is 0.439 bits per heavy atom. The number of rotatable bonds is 56. The van der Waals surface area contributed by atoms with Crippen LogP contribution in [0.1, 0.15) is 296 Å². The van der Waals surface area contributed by atoms with Gasteiger partial charge in [-0.15, -0.1) is 0 Å². The van der Waals surface area contributed by atoms with Gasteiger partial charge in [-0.1, -0.05) is 275 Å². The maximum absolute atomic E-state index is 13.3. The lowest BCUT2D eigenvalue weighted by Gasteiger charge is -2.46. The van der Waals surface area contributed by atoms with E-state index in [1.54, 1.807) is 6.08 Å². The van der Waals surface area contributed by atoms with Gasteiger partial charge in [-0.25, -0.2) is 0 Å². The highest BCUT2D eigenvalue weighted by molar-refractivity contribution is 5.76. The van der Waals surface area contributed by atoms with E-state index in [2.05, 4.69) is 43.5 Å². The molecule has 1 amide bonds. The summed E-state index contributed by atoms with van der Waals surface area (Å²) in [5, 5.41) is 87.1. The van der Waals surface area contributed by atoms with E-state index in [-0.39, 0.29) is 18.9 Å². The van der Waals surface area contributed by atoms with Crippen molar-refractivity contribution in [1.82, 2.24) is 5.32 Å². The Bertz CT molecular complexity index is 1510. The number of unbranched alkanes of at least 4 members (excludes halogenated alkanes) is 39. The molecule has 12 unspecified atom stereocenters. The van der Waals surface area contributed by atoms with Crippen LogP contribution in [-0.4, -0.2) is 140 Å². The Labute approximate surface area is 500 Å². The quantitative estimate of drug-likeness (QED) is 0.0204. The highest BCUT2D eigenvalue weighted by atomic mass is 16.7. The van der Waals surface area contributed by atoms with Crippen molar-refractivity contribution in [3.05, 3.63) is 36.5 Å². The van der Waals surface area contributed by atoms with E-state index < -0.39 is 86.8 Å². The molecule has 2 aliphatic heterocycles. The summed E-state index contributed by atoms with van der Waals surface area (Å²) in [6.07, 6.45) is 50.9. The number of hydrogen-bond donors (Lipinski definition) is 9. The second kappa shape index (κ2) is 53.4. The Morgan fingerprint density at radius 3 is 1.22 bits per heavy atom. The van der Waals surface area contributed by atoms with E-state index in [1.807, 2.05) is 6.08 Å². The van der Waals surface area contributed by atoms with Gasteiger partial charge in [-0.2, -0.15) is 0 Å². The zero-order valence-electron chi connectivity index (χ0n) is 52.2. The minimum atomic E-state index is -1.79. The number of hydrogen-bond acceptors (Lipinski definition) is 13. The van der Waals surface area contributed by atoms with Gasteiger partial charge in [0.25, 0.3) is 0 Å². The van der Waals surface area contributed by atoms with Gasteiger partial charge in [0.1, 0.15) is 48.8 Å². The van der Waals surface area contributed by atoms with Gasteiger partial charge >= 0.3 is 0 Å². The summed E-state index contributed by atoms with van der Waals surface area (Å²) < 4.78 is 22.8. The van der Waals surface area contributed by atoms with Gasteiger partial charge in [0.15, 0.2) is 12.6 Å². The maximum atomic E-state index is 13.3. The highest BCUT2D eigenvalue weighted by Gasteiger charge is 2.51. The molecule has 0 aromatic rings. The number of amides is 1. The molecule has 0 radical (unpaired) electrons. The van der Waals surface area contributed by atoms with Crippen molar-refractivity contribution >= 4 is 5.91 Å². The number of carbonyl (C=O) groups is 1. The fourth-order valence-electron chi connectivity index (χ4n) is 11.3. The monoisotopic (exact) mass is 1170 g/mol. The average Bonchev–Trinajstić information content (AvgIpc) is 3.22. The van der Waals surface area contributed by atoms with E-state index in [0.29, 0.717) is 6.42 Å². The third-order valence-electron chi connectivity index (χ3n) is 16.8. The minimum Gasteiger partial charge on any atom is -0.394 e. The summed E-state index contributed by atoms with van der Waals surface area (Å²) in [4.78, 5) is 13.3. The molecule has 2 saturated heterocycles. The molecular formula is C68H127NO13. The van der Waals surface area contributed by atoms with Crippen molar-refractivity contribution < 1.29 is 64.6 Å². The van der Waals surface area contributed by atoms with Crippen LogP contribution in [0.2, 0.25) is 0 Å². The summed E-state index contributed by atoms with van der Waals surface area (Å²) in [5.74, 6) is -0.236. The number of allylic oxidation sites excluding steroid dienone is 5. The van der Waals surface area contributed by atoms with Crippen LogP contribution in [0.15, 0.2) is 36.5 Å². The fourth-order valence-corrected chi connectivity index (χ4v) is 11.3. The van der Waals surface area contributed by atoms with Crippen LogP contribution < -0.4 is 5.32 Å². The molecule has 2 fully saturated rings. The summed E-state index contributed by atoms with van der Waals surface area (Å²) in [6.45, 7) is 2.79. The summed E-state index contributed by atoms with van der Waals surface area (Å²) in [6, 6.07) is -0.911. The molecule has 14 heteroatoms. The third-order valence-corrected chi connectivity index (χ3v) is 16.8. The second-order valence-electron chi connectivity index (χ2n) is 24.3. The molecule has 0 saturated carbocycles. The zero-order valence-corrected chi connectivity index (χ0v) is 52.2. The van der Waals surface area contributed by atoms with Gasteiger partial charge in [0.05, 0.1) is 32.0 Å². The van der Waals surface area contributed by atoms with Crippen LogP contribution in [-0.2, 0) is 23.7 Å². The molecule has 14 nitrogen and oxygen atoms in total. The van der Waals surface area contributed by atoms with E-state index in [9.17, 15) is 45.6 Å². The van der Waals surface area contributed by atoms with Crippen molar-refractivity contribution in [2.24, 2.45) is 0 Å². The number of aliphatic hydroxyl groups excluding tert-OH is 8. The number of carbonyl (C=O) groups excluding carboxylic acids is 1. The van der Waals surface area contributed by atoms with Crippen molar-refractivity contribution in [3.63, 3.8) is 0 Å². The van der Waals surface area contributed by atoms with E-state index >= 15 is 0 Å². The first-order valence-electron chi connectivity index (χ1n) is 34.2. The molecule has 82 heavy (non-hydrogen) atoms. The van der Waals surface area contributed by atoms with Gasteiger partial charge < -0.3 is 65.1 Å². The van der Waals surface area contributed by atoms with Crippen LogP contribution in [0.3, 0.4) is 0 Å². The highest BCUT2D eigenvalue weighted by Crippen LogP contribution is 2.30. The number of nitrogens with one attached hydrogen (secondary N) is 1. The van der Waals surface area contributed by atoms with Gasteiger partial charge in [-0.05, 0) is 51.4 Å². The zero-order chi connectivity index (χ0) is 59.5. The molecule has 0 aliphatic carbocycles. The van der Waals surface area contributed by atoms with Crippen molar-refractivity contribution in [2.75, 3.05) is 19.8 Å². The fraction of sp³-hybridized carbons (Fsp3) is 0.897. The third kappa shape index (κ3) is 37.7. The largest absolute Gasteiger partial charge is 0.394 e. The molecule has 2 aliphatic rings. The van der Waals surface area contributed by atoms with Crippen LogP contribution in [0.5, 0.6) is 0 Å². The normalized spacial score (nSPS) is 24.1. The van der Waals surface area contributed by atoms with Gasteiger partial charge in [0.2, 0.25) is 5.91 Å². The molecule has 0 spiro atoms. The van der Waals surface area contributed by atoms with Crippen LogP contribution >= 0.6 is 0 Å². The van der Waals surface area contributed by atoms with Crippen molar-refractivity contribution in [3.8, 4) is 0 Å². The molecule has 482 valence electrons. The summed E-state index contributed by atoms with van der Waals surface area (Å²) in [5.41, 5.74) is 0. The second-order valence-corrected chi connectivity index (χ2v) is 24.3. The summed E-state index contributed by atoms with van der Waals surface area (Å²) >= 11 is 0. The predicted molar refractivity (Wildman–Crippen MR) is 332 cm³/mol. The van der Waals surface area contributed by atoms with Crippen molar-refractivity contribution in [1.29, 1.82) is 0 Å². The van der Waals surface area contributed by atoms with Crippen LogP contribution in [0, 0.1) is 0 Å². The molecule has 0 aromatic heterocycles. The van der Waals surface area contributed by atoms with E-state index in [1.165, 1.54) is 225 Å². The maximum Gasteiger partial charge on any atom is 0.220 e. The Morgan fingerprint density at radius 2 is 0.805 bits per heavy atom. The standard InChI is InChI=1S/C68H127NO13/c1-3-5-7-9-11-13-15-16-17-18-19-20-21-22-23-24-25-26-27-28-29-30-31-32-33-34-35-36-37-38-39-40-42-44-46-48-50-52-60(73)69-56(57(72)51-49-47-45-43-41-14-12-10-8-6-4-2)55-79-67-65(78)63(76)66(59(54-71)81-67)82-68-64(77)62(75)61(74)58(53-70)80-68/h15-16,18-19,49,51,56-59,61-68,70-72,74-78H,3-14,17,20-48,50,52-55H2,1-2H3,(H,69,73)/b16-15-,19-18-,51-49+. The van der Waals surface area contributed by atoms with Gasteiger partial charge in [-0.3, -0.25) is 4.79 Å². The first kappa shape index (κ1) is 76.3. The summed E-state index contributed by atoms with van der Waals surface area (Å²) in [7, 11) is 0. The molecule has 9 N–H and O–H groups in total. The Hall–Kier alpha value is -1.79. The number of aliphatic hydroxyl groups is 8. The molecular weight excluding hydrogens is 1040 g/mol. The molecule has 0 aromatic carbocycles. The Balaban J connectivity index is 1.55. The molecule has 2 rings (SSSR count). The predicted octanol–water partition coefficient (Wildman–Crippen LogP) is 13.3. The smallest absolute Gasteiger partial charge is 0.220 e. The van der Waals surface area contributed by atoms with E-state index in [4.69, 9.17) is 18.9 Å².